The zero-order valence-corrected chi connectivity index (χ0v) is 11.8. The van der Waals surface area contributed by atoms with Gasteiger partial charge >= 0.3 is 0 Å². The maximum Gasteiger partial charge on any atom is 0.227 e. The Balaban J connectivity index is 2.73. The second-order valence-corrected chi connectivity index (χ2v) is 4.97. The Morgan fingerprint density at radius 2 is 2.06 bits per heavy atom. The monoisotopic (exact) mass is 299 g/mol. The van der Waals surface area contributed by atoms with E-state index in [1.165, 1.54) is 0 Å². The van der Waals surface area contributed by atoms with Crippen molar-refractivity contribution in [3.05, 3.63) is 29.8 Å². The molecule has 0 fully saturated rings. The van der Waals surface area contributed by atoms with Gasteiger partial charge in [-0.25, -0.2) is 0 Å². The summed E-state index contributed by atoms with van der Waals surface area (Å²) in [6.07, 6.45) is 0.248. The van der Waals surface area contributed by atoms with Crippen LogP contribution >= 0.6 is 15.9 Å². The smallest absolute Gasteiger partial charge is 0.227 e. The summed E-state index contributed by atoms with van der Waals surface area (Å²) in [5, 5.41) is 10.4. The van der Waals surface area contributed by atoms with Crippen molar-refractivity contribution in [2.45, 2.75) is 26.3 Å². The van der Waals surface area contributed by atoms with Crippen molar-refractivity contribution in [1.82, 2.24) is 4.90 Å². The van der Waals surface area contributed by atoms with E-state index in [2.05, 4.69) is 15.9 Å². The molecule has 0 heterocycles. The number of halogens is 1. The number of phenols is 1. The molecule has 0 aliphatic heterocycles. The molecule has 4 heteroatoms. The van der Waals surface area contributed by atoms with E-state index in [4.69, 9.17) is 0 Å². The highest BCUT2D eigenvalue weighted by Crippen LogP contribution is 2.17. The van der Waals surface area contributed by atoms with Gasteiger partial charge < -0.3 is 10.0 Å². The van der Waals surface area contributed by atoms with Crippen LogP contribution in [0.15, 0.2) is 24.3 Å². The Hall–Kier alpha value is -1.03. The topological polar surface area (TPSA) is 40.5 Å². The normalized spacial score (nSPS) is 10.6. The van der Waals surface area contributed by atoms with Crippen LogP contribution in [0, 0.1) is 0 Å². The number of carbonyl (C=O) groups is 1. The highest BCUT2D eigenvalue weighted by atomic mass is 79.9. The van der Waals surface area contributed by atoms with E-state index in [0.717, 1.165) is 5.33 Å². The van der Waals surface area contributed by atoms with Crippen LogP contribution in [0.1, 0.15) is 19.4 Å². The summed E-state index contributed by atoms with van der Waals surface area (Å²) >= 11 is 3.34. The second kappa shape index (κ2) is 6.64. The van der Waals surface area contributed by atoms with Gasteiger partial charge in [0.05, 0.1) is 6.42 Å². The number of para-hydroxylation sites is 1. The summed E-state index contributed by atoms with van der Waals surface area (Å²) in [7, 11) is 0. The predicted molar refractivity (Wildman–Crippen MR) is 72.5 cm³/mol. The van der Waals surface area contributed by atoms with Crippen LogP contribution in [0.4, 0.5) is 0 Å². The third-order valence-electron chi connectivity index (χ3n) is 2.60. The molecule has 1 aromatic rings. The van der Waals surface area contributed by atoms with E-state index in [9.17, 15) is 9.90 Å². The Bertz CT molecular complexity index is 379. The standard InChI is InChI=1S/C13H18BrNO2/c1-10(2)15(8-7-14)13(17)9-11-5-3-4-6-12(11)16/h3-6,10,16H,7-9H2,1-2H3. The fourth-order valence-corrected chi connectivity index (χ4v) is 2.07. The average molecular weight is 300 g/mol. The molecule has 0 radical (unpaired) electrons. The molecule has 1 aromatic carbocycles. The summed E-state index contributed by atoms with van der Waals surface area (Å²) in [6, 6.07) is 7.13. The van der Waals surface area contributed by atoms with Crippen LogP contribution in [0.5, 0.6) is 5.75 Å². The van der Waals surface area contributed by atoms with Gasteiger partial charge in [-0.15, -0.1) is 0 Å². The van der Waals surface area contributed by atoms with Crippen molar-refractivity contribution < 1.29 is 9.90 Å². The molecule has 0 saturated heterocycles. The van der Waals surface area contributed by atoms with Gasteiger partial charge in [0.15, 0.2) is 0 Å². The van der Waals surface area contributed by atoms with Gasteiger partial charge in [0.25, 0.3) is 0 Å². The van der Waals surface area contributed by atoms with Gasteiger partial charge in [-0.3, -0.25) is 4.79 Å². The van der Waals surface area contributed by atoms with Crippen LogP contribution in [-0.2, 0) is 11.2 Å². The minimum Gasteiger partial charge on any atom is -0.508 e. The van der Waals surface area contributed by atoms with Crippen molar-refractivity contribution in [2.75, 3.05) is 11.9 Å². The Morgan fingerprint density at radius 3 is 2.59 bits per heavy atom. The Kier molecular flexibility index (Phi) is 5.48. The van der Waals surface area contributed by atoms with Crippen molar-refractivity contribution in [1.29, 1.82) is 0 Å². The SMILES string of the molecule is CC(C)N(CCBr)C(=O)Cc1ccccc1O. The third kappa shape index (κ3) is 4.04. The fourth-order valence-electron chi connectivity index (χ4n) is 1.69. The summed E-state index contributed by atoms with van der Waals surface area (Å²) in [6.45, 7) is 4.67. The van der Waals surface area contributed by atoms with Crippen LogP contribution in [0.3, 0.4) is 0 Å². The number of aromatic hydroxyl groups is 1. The van der Waals surface area contributed by atoms with Gasteiger partial charge in [-0.1, -0.05) is 34.1 Å². The van der Waals surface area contributed by atoms with Crippen molar-refractivity contribution in [2.24, 2.45) is 0 Å². The largest absolute Gasteiger partial charge is 0.508 e. The molecular formula is C13H18BrNO2. The fraction of sp³-hybridized carbons (Fsp3) is 0.462. The van der Waals surface area contributed by atoms with Crippen LogP contribution in [-0.4, -0.2) is 33.8 Å². The first-order valence-corrected chi connectivity index (χ1v) is 6.80. The number of nitrogens with zero attached hydrogens (tertiary/aromatic N) is 1. The summed E-state index contributed by atoms with van der Waals surface area (Å²) in [5.41, 5.74) is 0.678. The van der Waals surface area contributed by atoms with Gasteiger partial charge in [0, 0.05) is 23.5 Å². The summed E-state index contributed by atoms with van der Waals surface area (Å²) in [4.78, 5) is 13.9. The lowest BCUT2D eigenvalue weighted by atomic mass is 10.1. The molecule has 3 nitrogen and oxygen atoms in total. The molecule has 0 aromatic heterocycles. The number of hydrogen-bond acceptors (Lipinski definition) is 2. The van der Waals surface area contributed by atoms with E-state index in [0.29, 0.717) is 12.1 Å². The number of rotatable bonds is 5. The number of benzene rings is 1. The highest BCUT2D eigenvalue weighted by molar-refractivity contribution is 9.09. The molecule has 0 atom stereocenters. The first kappa shape index (κ1) is 14.0. The molecular weight excluding hydrogens is 282 g/mol. The van der Waals surface area contributed by atoms with Gasteiger partial charge in [0.1, 0.15) is 5.75 Å². The number of alkyl halides is 1. The number of hydrogen-bond donors (Lipinski definition) is 1. The Morgan fingerprint density at radius 1 is 1.41 bits per heavy atom. The second-order valence-electron chi connectivity index (χ2n) is 4.18. The molecule has 17 heavy (non-hydrogen) atoms. The number of amides is 1. The minimum absolute atomic E-state index is 0.0425. The molecule has 1 amide bonds. The molecule has 0 aliphatic rings. The molecule has 0 spiro atoms. The number of carbonyl (C=O) groups excluding carboxylic acids is 1. The summed E-state index contributed by atoms with van der Waals surface area (Å²) in [5.74, 6) is 0.226. The highest BCUT2D eigenvalue weighted by Gasteiger charge is 2.17. The predicted octanol–water partition coefficient (Wildman–Crippen LogP) is 2.57. The lowest BCUT2D eigenvalue weighted by Gasteiger charge is -2.26. The van der Waals surface area contributed by atoms with E-state index in [-0.39, 0.29) is 24.1 Å². The minimum atomic E-state index is 0.0425. The van der Waals surface area contributed by atoms with E-state index in [1.54, 1.807) is 23.1 Å². The Labute approximate surface area is 111 Å². The van der Waals surface area contributed by atoms with Gasteiger partial charge in [-0.2, -0.15) is 0 Å². The van der Waals surface area contributed by atoms with E-state index < -0.39 is 0 Å². The van der Waals surface area contributed by atoms with Gasteiger partial charge in [0.2, 0.25) is 5.91 Å². The molecule has 0 bridgehead atoms. The molecule has 1 rings (SSSR count). The first-order chi connectivity index (χ1) is 8.06. The van der Waals surface area contributed by atoms with E-state index in [1.807, 2.05) is 19.9 Å². The van der Waals surface area contributed by atoms with Crippen LogP contribution in [0.2, 0.25) is 0 Å². The van der Waals surface area contributed by atoms with Crippen LogP contribution in [0.25, 0.3) is 0 Å². The molecule has 0 unspecified atom stereocenters. The zero-order valence-electron chi connectivity index (χ0n) is 10.2. The zero-order chi connectivity index (χ0) is 12.8. The maximum atomic E-state index is 12.1. The van der Waals surface area contributed by atoms with Crippen molar-refractivity contribution in [3.63, 3.8) is 0 Å². The van der Waals surface area contributed by atoms with Gasteiger partial charge in [-0.05, 0) is 19.9 Å². The lowest BCUT2D eigenvalue weighted by molar-refractivity contribution is -0.131. The number of phenolic OH excluding ortho intramolecular Hbond substituents is 1. The molecule has 1 N–H and O–H groups in total. The lowest BCUT2D eigenvalue weighted by Crippen LogP contribution is -2.39. The van der Waals surface area contributed by atoms with Crippen molar-refractivity contribution in [3.8, 4) is 5.75 Å². The molecule has 0 saturated carbocycles. The third-order valence-corrected chi connectivity index (χ3v) is 2.96. The first-order valence-electron chi connectivity index (χ1n) is 5.68. The van der Waals surface area contributed by atoms with Crippen LogP contribution < -0.4 is 0 Å². The quantitative estimate of drug-likeness (QED) is 0.849. The maximum absolute atomic E-state index is 12.1. The average Bonchev–Trinajstić information content (AvgIpc) is 2.28. The molecule has 0 aliphatic carbocycles. The molecule has 94 valence electrons. The summed E-state index contributed by atoms with van der Waals surface area (Å²) < 4.78 is 0. The van der Waals surface area contributed by atoms with E-state index >= 15 is 0 Å². The van der Waals surface area contributed by atoms with Crippen molar-refractivity contribution >= 4 is 21.8 Å².